The molecule has 1 aromatic carbocycles. The van der Waals surface area contributed by atoms with E-state index in [1.54, 1.807) is 6.20 Å². The van der Waals surface area contributed by atoms with Crippen LogP contribution in [0.2, 0.25) is 0 Å². The predicted octanol–water partition coefficient (Wildman–Crippen LogP) is 2.29. The Morgan fingerprint density at radius 1 is 1.32 bits per heavy atom. The normalized spacial score (nSPS) is 10.9. The van der Waals surface area contributed by atoms with Crippen molar-refractivity contribution in [2.75, 3.05) is 27.2 Å². The average Bonchev–Trinajstić information content (AvgIpc) is 2.37. The molecule has 19 heavy (non-hydrogen) atoms. The van der Waals surface area contributed by atoms with Crippen LogP contribution in [0, 0.1) is 0 Å². The van der Waals surface area contributed by atoms with Gasteiger partial charge in [-0.25, -0.2) is 0 Å². The highest BCUT2D eigenvalue weighted by Gasteiger charge is 2.07. The van der Waals surface area contributed by atoms with Crippen molar-refractivity contribution in [3.05, 3.63) is 40.6 Å². The van der Waals surface area contributed by atoms with Gasteiger partial charge in [0.2, 0.25) is 0 Å². The minimum atomic E-state index is -0.135. The van der Waals surface area contributed by atoms with Crippen molar-refractivity contribution in [3.8, 4) is 0 Å². The second kappa shape index (κ2) is 6.12. The van der Waals surface area contributed by atoms with Crippen molar-refractivity contribution in [2.24, 2.45) is 0 Å². The van der Waals surface area contributed by atoms with Gasteiger partial charge in [0, 0.05) is 29.1 Å². The highest BCUT2D eigenvalue weighted by atomic mass is 79.9. The molecule has 2 rings (SSSR count). The maximum absolute atomic E-state index is 12.0. The second-order valence-electron chi connectivity index (χ2n) is 4.62. The molecule has 4 nitrogen and oxygen atoms in total. The number of likely N-dealkylation sites (N-methyl/N-ethyl adjacent to an activating group) is 1. The molecule has 1 aromatic heterocycles. The number of carbonyl (C=O) groups excluding carboxylic acids is 1. The van der Waals surface area contributed by atoms with Crippen molar-refractivity contribution < 1.29 is 4.79 Å². The van der Waals surface area contributed by atoms with Crippen molar-refractivity contribution >= 4 is 32.6 Å². The van der Waals surface area contributed by atoms with Crippen molar-refractivity contribution in [2.45, 2.75) is 0 Å². The zero-order valence-electron chi connectivity index (χ0n) is 11.0. The first kappa shape index (κ1) is 14.0. The summed E-state index contributed by atoms with van der Waals surface area (Å²) in [5.74, 6) is -0.135. The van der Waals surface area contributed by atoms with Crippen molar-refractivity contribution in [1.29, 1.82) is 0 Å². The number of hydrogen-bond donors (Lipinski definition) is 1. The number of nitrogens with zero attached hydrogens (tertiary/aromatic N) is 2. The molecule has 1 amide bonds. The maximum atomic E-state index is 12.0. The van der Waals surface area contributed by atoms with Crippen LogP contribution in [-0.2, 0) is 0 Å². The Hall–Kier alpha value is -1.46. The second-order valence-corrected chi connectivity index (χ2v) is 5.54. The minimum absolute atomic E-state index is 0.135. The van der Waals surface area contributed by atoms with E-state index in [4.69, 9.17) is 0 Å². The van der Waals surface area contributed by atoms with Gasteiger partial charge in [-0.1, -0.05) is 22.0 Å². The number of benzene rings is 1. The van der Waals surface area contributed by atoms with Gasteiger partial charge in [0.05, 0.1) is 0 Å². The fraction of sp³-hybridized carbons (Fsp3) is 0.286. The summed E-state index contributed by atoms with van der Waals surface area (Å²) >= 11 is 3.43. The largest absolute Gasteiger partial charge is 0.349 e. The zero-order chi connectivity index (χ0) is 13.8. The monoisotopic (exact) mass is 321 g/mol. The summed E-state index contributed by atoms with van der Waals surface area (Å²) in [7, 11) is 3.94. The van der Waals surface area contributed by atoms with E-state index >= 15 is 0 Å². The maximum Gasteiger partial charge on any atom is 0.269 e. The van der Waals surface area contributed by atoms with Crippen LogP contribution in [0.25, 0.3) is 10.8 Å². The first-order chi connectivity index (χ1) is 9.06. The standard InChI is InChI=1S/C14H16BrN3O/c1-18(2)6-5-16-14(19)13-8-11-7-12(15)4-3-10(11)9-17-13/h3-4,7-9H,5-6H2,1-2H3,(H,16,19). The number of rotatable bonds is 4. The minimum Gasteiger partial charge on any atom is -0.349 e. The summed E-state index contributed by atoms with van der Waals surface area (Å²) in [5, 5.41) is 4.88. The quantitative estimate of drug-likeness (QED) is 0.939. The summed E-state index contributed by atoms with van der Waals surface area (Å²) in [6.07, 6.45) is 1.72. The molecular weight excluding hydrogens is 306 g/mol. The molecule has 0 radical (unpaired) electrons. The zero-order valence-corrected chi connectivity index (χ0v) is 12.6. The van der Waals surface area contributed by atoms with Crippen LogP contribution in [0.1, 0.15) is 10.5 Å². The molecule has 1 N–H and O–H groups in total. The fourth-order valence-electron chi connectivity index (χ4n) is 1.72. The van der Waals surface area contributed by atoms with Crippen molar-refractivity contribution in [3.63, 3.8) is 0 Å². The van der Waals surface area contributed by atoms with E-state index < -0.39 is 0 Å². The Bertz CT molecular complexity index is 598. The lowest BCUT2D eigenvalue weighted by Gasteiger charge is -2.10. The first-order valence-electron chi connectivity index (χ1n) is 6.04. The molecule has 5 heteroatoms. The molecule has 0 saturated heterocycles. The Balaban J connectivity index is 2.13. The molecule has 0 saturated carbocycles. The SMILES string of the molecule is CN(C)CCNC(=O)c1cc2cc(Br)ccc2cn1. The van der Waals surface area contributed by atoms with Gasteiger partial charge in [0.1, 0.15) is 5.69 Å². The number of nitrogens with one attached hydrogen (secondary N) is 1. The lowest BCUT2D eigenvalue weighted by atomic mass is 10.1. The van der Waals surface area contributed by atoms with Gasteiger partial charge >= 0.3 is 0 Å². The van der Waals surface area contributed by atoms with Crippen LogP contribution in [-0.4, -0.2) is 43.0 Å². The first-order valence-corrected chi connectivity index (χ1v) is 6.84. The molecule has 0 atom stereocenters. The van der Waals surface area contributed by atoms with Crippen LogP contribution in [0.5, 0.6) is 0 Å². The average molecular weight is 322 g/mol. The molecule has 0 bridgehead atoms. The van der Waals surface area contributed by atoms with Gasteiger partial charge in [0.15, 0.2) is 0 Å². The highest BCUT2D eigenvalue weighted by molar-refractivity contribution is 9.10. The third-order valence-electron chi connectivity index (χ3n) is 2.76. The molecule has 2 aromatic rings. The smallest absolute Gasteiger partial charge is 0.269 e. The van der Waals surface area contributed by atoms with Gasteiger partial charge in [-0.15, -0.1) is 0 Å². The number of pyridine rings is 1. The number of fused-ring (bicyclic) bond motifs is 1. The predicted molar refractivity (Wildman–Crippen MR) is 80.3 cm³/mol. The lowest BCUT2D eigenvalue weighted by molar-refractivity contribution is 0.0946. The summed E-state index contributed by atoms with van der Waals surface area (Å²) in [5.41, 5.74) is 0.448. The van der Waals surface area contributed by atoms with Crippen LogP contribution in [0.4, 0.5) is 0 Å². The lowest BCUT2D eigenvalue weighted by Crippen LogP contribution is -2.31. The molecule has 1 heterocycles. The third-order valence-corrected chi connectivity index (χ3v) is 3.25. The number of halogens is 1. The number of carbonyl (C=O) groups is 1. The number of aromatic nitrogens is 1. The molecule has 0 aliphatic rings. The highest BCUT2D eigenvalue weighted by Crippen LogP contribution is 2.19. The molecule has 0 unspecified atom stereocenters. The Morgan fingerprint density at radius 3 is 2.84 bits per heavy atom. The summed E-state index contributed by atoms with van der Waals surface area (Å²) in [6, 6.07) is 7.72. The summed E-state index contributed by atoms with van der Waals surface area (Å²) in [4.78, 5) is 18.2. The van der Waals surface area contributed by atoms with Gasteiger partial charge in [-0.2, -0.15) is 0 Å². The van der Waals surface area contributed by atoms with E-state index in [0.29, 0.717) is 12.2 Å². The van der Waals surface area contributed by atoms with Crippen LogP contribution in [0.15, 0.2) is 34.9 Å². The van der Waals surface area contributed by atoms with Crippen LogP contribution in [0.3, 0.4) is 0 Å². The number of hydrogen-bond acceptors (Lipinski definition) is 3. The molecule has 0 aliphatic carbocycles. The van der Waals surface area contributed by atoms with E-state index in [2.05, 4.69) is 26.2 Å². The molecule has 0 fully saturated rings. The van der Waals surface area contributed by atoms with Gasteiger partial charge in [-0.05, 0) is 37.7 Å². The molecule has 0 aliphatic heterocycles. The molecule has 100 valence electrons. The Morgan fingerprint density at radius 2 is 2.11 bits per heavy atom. The third kappa shape index (κ3) is 3.75. The van der Waals surface area contributed by atoms with E-state index in [0.717, 1.165) is 21.8 Å². The molecule has 0 spiro atoms. The topological polar surface area (TPSA) is 45.2 Å². The summed E-state index contributed by atoms with van der Waals surface area (Å²) in [6.45, 7) is 1.43. The summed E-state index contributed by atoms with van der Waals surface area (Å²) < 4.78 is 0.991. The van der Waals surface area contributed by atoms with Gasteiger partial charge in [-0.3, -0.25) is 9.78 Å². The molecular formula is C14H16BrN3O. The Labute approximate surface area is 120 Å². The fourth-order valence-corrected chi connectivity index (χ4v) is 2.10. The Kier molecular flexibility index (Phi) is 4.50. The van der Waals surface area contributed by atoms with Gasteiger partial charge < -0.3 is 10.2 Å². The van der Waals surface area contributed by atoms with Gasteiger partial charge in [0.25, 0.3) is 5.91 Å². The van der Waals surface area contributed by atoms with E-state index in [-0.39, 0.29) is 5.91 Å². The van der Waals surface area contributed by atoms with E-state index in [1.165, 1.54) is 0 Å². The van der Waals surface area contributed by atoms with Crippen LogP contribution < -0.4 is 5.32 Å². The van der Waals surface area contributed by atoms with Crippen LogP contribution >= 0.6 is 15.9 Å². The van der Waals surface area contributed by atoms with E-state index in [9.17, 15) is 4.79 Å². The van der Waals surface area contributed by atoms with E-state index in [1.807, 2.05) is 43.3 Å². The van der Waals surface area contributed by atoms with Crippen molar-refractivity contribution in [1.82, 2.24) is 15.2 Å². The number of amides is 1.